The summed E-state index contributed by atoms with van der Waals surface area (Å²) in [5.74, 6) is 0. The molecule has 3 aromatic rings. The Bertz CT molecular complexity index is 798. The minimum absolute atomic E-state index is 0. The van der Waals surface area contributed by atoms with E-state index in [2.05, 4.69) is 78.3 Å². The summed E-state index contributed by atoms with van der Waals surface area (Å²) in [5, 5.41) is 1.28. The molecule has 0 N–H and O–H groups in total. The van der Waals surface area contributed by atoms with Gasteiger partial charge in [0, 0.05) is 41.3 Å². The van der Waals surface area contributed by atoms with E-state index in [0.29, 0.717) is 0 Å². The van der Waals surface area contributed by atoms with E-state index in [0.717, 1.165) is 6.54 Å². The predicted molar refractivity (Wildman–Crippen MR) is 88.7 cm³/mol. The first-order chi connectivity index (χ1) is 10.3. The van der Waals surface area contributed by atoms with Crippen LogP contribution in [0.25, 0.3) is 23.1 Å². The van der Waals surface area contributed by atoms with Crippen LogP contribution in [0.15, 0.2) is 67.6 Å². The first-order valence-corrected chi connectivity index (χ1v) is 7.10. The molecule has 0 atom stereocenters. The lowest BCUT2D eigenvalue weighted by Crippen LogP contribution is -3.00. The Morgan fingerprint density at radius 2 is 1.82 bits per heavy atom. The summed E-state index contributed by atoms with van der Waals surface area (Å²) in [6.07, 6.45) is 12.6. The van der Waals surface area contributed by atoms with Gasteiger partial charge in [0.25, 0.3) is 0 Å². The summed E-state index contributed by atoms with van der Waals surface area (Å²) in [6, 6.07) is 12.7. The maximum absolute atomic E-state index is 3.83. The first-order valence-electron chi connectivity index (χ1n) is 7.10. The van der Waals surface area contributed by atoms with Crippen molar-refractivity contribution in [2.24, 2.45) is 7.05 Å². The molecule has 0 aliphatic carbocycles. The number of aromatic nitrogens is 2. The van der Waals surface area contributed by atoms with Crippen LogP contribution in [0.2, 0.25) is 0 Å². The molecule has 2 heterocycles. The van der Waals surface area contributed by atoms with E-state index in [1.807, 2.05) is 17.7 Å². The Kier molecular flexibility index (Phi) is 5.55. The van der Waals surface area contributed by atoms with Crippen LogP contribution in [0, 0.1) is 0 Å². The molecular formula is C19H19IN2. The highest BCUT2D eigenvalue weighted by molar-refractivity contribution is 5.92. The molecule has 0 saturated heterocycles. The average Bonchev–Trinajstić information content (AvgIpc) is 2.86. The highest BCUT2D eigenvalue weighted by Crippen LogP contribution is 2.23. The maximum atomic E-state index is 3.83. The highest BCUT2D eigenvalue weighted by Gasteiger charge is 2.04. The molecule has 3 heteroatoms. The lowest BCUT2D eigenvalue weighted by molar-refractivity contribution is -0.671. The van der Waals surface area contributed by atoms with Crippen molar-refractivity contribution in [2.45, 2.75) is 6.54 Å². The van der Waals surface area contributed by atoms with Crippen molar-refractivity contribution in [2.75, 3.05) is 0 Å². The van der Waals surface area contributed by atoms with Crippen LogP contribution in [0.3, 0.4) is 0 Å². The molecule has 1 aromatic carbocycles. The molecule has 0 bridgehead atoms. The SMILES string of the molecule is C=CCn1cc(/C=C/c2cc[n+](C)cc2)c2ccccc21.[I-]. The monoisotopic (exact) mass is 402 g/mol. The number of nitrogens with zero attached hydrogens (tertiary/aromatic N) is 2. The lowest BCUT2D eigenvalue weighted by atomic mass is 10.1. The number of allylic oxidation sites excluding steroid dienone is 1. The summed E-state index contributed by atoms with van der Waals surface area (Å²) in [5.41, 5.74) is 3.69. The molecule has 0 unspecified atom stereocenters. The van der Waals surface area contributed by atoms with Crippen LogP contribution in [0.5, 0.6) is 0 Å². The van der Waals surface area contributed by atoms with E-state index in [1.165, 1.54) is 22.0 Å². The third kappa shape index (κ3) is 3.47. The van der Waals surface area contributed by atoms with Gasteiger partial charge in [-0.3, -0.25) is 0 Å². The number of hydrogen-bond acceptors (Lipinski definition) is 0. The molecule has 112 valence electrons. The van der Waals surface area contributed by atoms with Crippen molar-refractivity contribution >= 4 is 23.1 Å². The Labute approximate surface area is 148 Å². The van der Waals surface area contributed by atoms with Crippen molar-refractivity contribution < 1.29 is 28.5 Å². The van der Waals surface area contributed by atoms with E-state index < -0.39 is 0 Å². The average molecular weight is 402 g/mol. The fourth-order valence-corrected chi connectivity index (χ4v) is 2.51. The van der Waals surface area contributed by atoms with Gasteiger partial charge in [0.05, 0.1) is 0 Å². The van der Waals surface area contributed by atoms with E-state index >= 15 is 0 Å². The summed E-state index contributed by atoms with van der Waals surface area (Å²) < 4.78 is 4.26. The number of para-hydroxylation sites is 1. The molecule has 0 spiro atoms. The van der Waals surface area contributed by atoms with Gasteiger partial charge in [-0.25, -0.2) is 4.57 Å². The van der Waals surface area contributed by atoms with Gasteiger partial charge < -0.3 is 28.5 Å². The van der Waals surface area contributed by atoms with Crippen LogP contribution < -0.4 is 28.5 Å². The van der Waals surface area contributed by atoms with E-state index in [9.17, 15) is 0 Å². The summed E-state index contributed by atoms with van der Waals surface area (Å²) in [7, 11) is 2.02. The van der Waals surface area contributed by atoms with E-state index in [-0.39, 0.29) is 24.0 Å². The fourth-order valence-electron chi connectivity index (χ4n) is 2.51. The van der Waals surface area contributed by atoms with Gasteiger partial charge in [0.15, 0.2) is 12.4 Å². The normalized spacial score (nSPS) is 10.8. The van der Waals surface area contributed by atoms with E-state index in [4.69, 9.17) is 0 Å². The Morgan fingerprint density at radius 1 is 1.09 bits per heavy atom. The molecule has 3 rings (SSSR count). The number of aryl methyl sites for hydroxylation is 1. The molecule has 0 aliphatic heterocycles. The van der Waals surface area contributed by atoms with Gasteiger partial charge >= 0.3 is 0 Å². The van der Waals surface area contributed by atoms with Crippen molar-refractivity contribution in [3.63, 3.8) is 0 Å². The lowest BCUT2D eigenvalue weighted by Gasteiger charge is -1.98. The molecule has 0 saturated carbocycles. The molecule has 2 aromatic heterocycles. The van der Waals surface area contributed by atoms with E-state index in [1.54, 1.807) is 0 Å². The number of fused-ring (bicyclic) bond motifs is 1. The summed E-state index contributed by atoms with van der Waals surface area (Å²) >= 11 is 0. The van der Waals surface area contributed by atoms with Crippen molar-refractivity contribution in [1.29, 1.82) is 0 Å². The zero-order valence-corrected chi connectivity index (χ0v) is 14.8. The minimum atomic E-state index is 0. The minimum Gasteiger partial charge on any atom is -1.00 e. The number of hydrogen-bond donors (Lipinski definition) is 0. The van der Waals surface area contributed by atoms with Gasteiger partial charge in [-0.1, -0.05) is 36.4 Å². The second-order valence-corrected chi connectivity index (χ2v) is 5.17. The molecule has 0 radical (unpaired) electrons. The van der Waals surface area contributed by atoms with Gasteiger partial charge in [0.1, 0.15) is 7.05 Å². The fraction of sp³-hybridized carbons (Fsp3) is 0.105. The topological polar surface area (TPSA) is 8.81 Å². The molecule has 2 nitrogen and oxygen atoms in total. The number of pyridine rings is 1. The number of halogens is 1. The largest absolute Gasteiger partial charge is 1.00 e. The second kappa shape index (κ2) is 7.40. The molecule has 0 fully saturated rings. The maximum Gasteiger partial charge on any atom is 0.169 e. The molecule has 22 heavy (non-hydrogen) atoms. The van der Waals surface area contributed by atoms with Crippen LogP contribution in [0.4, 0.5) is 0 Å². The van der Waals surface area contributed by atoms with Crippen LogP contribution in [-0.4, -0.2) is 4.57 Å². The second-order valence-electron chi connectivity index (χ2n) is 5.17. The third-order valence-corrected chi connectivity index (χ3v) is 3.60. The zero-order chi connectivity index (χ0) is 14.7. The molecular weight excluding hydrogens is 383 g/mol. The van der Waals surface area contributed by atoms with Crippen molar-refractivity contribution in [3.05, 3.63) is 78.8 Å². The third-order valence-electron chi connectivity index (χ3n) is 3.60. The van der Waals surface area contributed by atoms with Gasteiger partial charge in [-0.05, 0) is 11.6 Å². The Hall–Kier alpha value is -1.88. The molecule has 0 amide bonds. The van der Waals surface area contributed by atoms with Gasteiger partial charge in [-0.2, -0.15) is 0 Å². The zero-order valence-electron chi connectivity index (χ0n) is 12.6. The van der Waals surface area contributed by atoms with Crippen molar-refractivity contribution in [3.8, 4) is 0 Å². The predicted octanol–water partition coefficient (Wildman–Crippen LogP) is 0.826. The Balaban J connectivity index is 0.00000176. The molecule has 0 aliphatic rings. The number of rotatable bonds is 4. The van der Waals surface area contributed by atoms with Crippen LogP contribution in [-0.2, 0) is 13.6 Å². The first kappa shape index (κ1) is 16.5. The summed E-state index contributed by atoms with van der Waals surface area (Å²) in [6.45, 7) is 4.66. The van der Waals surface area contributed by atoms with Gasteiger partial charge in [0.2, 0.25) is 0 Å². The summed E-state index contributed by atoms with van der Waals surface area (Å²) in [4.78, 5) is 0. The standard InChI is InChI=1S/C19H19N2.HI/c1-3-12-21-15-17(18-6-4-5-7-19(18)21)9-8-16-10-13-20(2)14-11-16;/h3-11,13-15H,1,12H2,2H3;1H/q+1;/p-1. The quantitative estimate of drug-likeness (QED) is 0.347. The van der Waals surface area contributed by atoms with Gasteiger partial charge in [-0.15, -0.1) is 6.58 Å². The van der Waals surface area contributed by atoms with Crippen LogP contribution in [0.1, 0.15) is 11.1 Å². The van der Waals surface area contributed by atoms with Crippen molar-refractivity contribution in [1.82, 2.24) is 4.57 Å². The number of benzene rings is 1. The smallest absolute Gasteiger partial charge is 0.169 e. The van der Waals surface area contributed by atoms with Crippen LogP contribution >= 0.6 is 0 Å². The Morgan fingerprint density at radius 3 is 2.55 bits per heavy atom. The highest BCUT2D eigenvalue weighted by atomic mass is 127.